The standard InChI is InChI=1S/C9H17Cl2O3P/c1-2-9-15(12,13-7-3-5-10)14-8-4-6-11/h2,9H,3-8H2,1H3/b9-2-. The Bertz CT molecular complexity index is 207. The molecule has 0 bridgehead atoms. The molecule has 0 unspecified atom stereocenters. The second-order valence-corrected chi connectivity index (χ2v) is 5.42. The second kappa shape index (κ2) is 9.68. The molecule has 0 saturated heterocycles. The van der Waals surface area contributed by atoms with E-state index in [2.05, 4.69) is 0 Å². The average Bonchev–Trinajstić information content (AvgIpc) is 2.19. The number of halogens is 2. The first kappa shape index (κ1) is 15.5. The lowest BCUT2D eigenvalue weighted by Crippen LogP contribution is -1.98. The molecule has 0 saturated carbocycles. The Morgan fingerprint density at radius 2 is 1.60 bits per heavy atom. The fraction of sp³-hybridized carbons (Fsp3) is 0.778. The van der Waals surface area contributed by atoms with Gasteiger partial charge in [-0.3, -0.25) is 4.57 Å². The Hall–Kier alpha value is 0.470. The normalized spacial score (nSPS) is 12.5. The summed E-state index contributed by atoms with van der Waals surface area (Å²) in [7, 11) is -3.08. The predicted molar refractivity (Wildman–Crippen MR) is 65.0 cm³/mol. The molecule has 0 fully saturated rings. The van der Waals surface area contributed by atoms with Gasteiger partial charge in [-0.2, -0.15) is 0 Å². The van der Waals surface area contributed by atoms with Crippen LogP contribution < -0.4 is 0 Å². The van der Waals surface area contributed by atoms with Gasteiger partial charge in [-0.25, -0.2) is 0 Å². The minimum absolute atomic E-state index is 0.339. The molecular weight excluding hydrogens is 258 g/mol. The van der Waals surface area contributed by atoms with E-state index in [1.54, 1.807) is 13.0 Å². The van der Waals surface area contributed by atoms with Crippen LogP contribution >= 0.6 is 30.8 Å². The van der Waals surface area contributed by atoms with Gasteiger partial charge >= 0.3 is 7.60 Å². The van der Waals surface area contributed by atoms with E-state index in [-0.39, 0.29) is 0 Å². The Morgan fingerprint density at radius 3 is 1.93 bits per heavy atom. The third kappa shape index (κ3) is 8.29. The summed E-state index contributed by atoms with van der Waals surface area (Å²) in [6, 6.07) is 0. The molecule has 0 heterocycles. The molecule has 0 atom stereocenters. The van der Waals surface area contributed by atoms with Gasteiger partial charge in [0, 0.05) is 17.6 Å². The first-order valence-corrected chi connectivity index (χ1v) is 7.51. The SMILES string of the molecule is C/C=C\P(=O)(OCCCCl)OCCCCl. The molecule has 0 aliphatic carbocycles. The largest absolute Gasteiger partial charge is 0.353 e. The Balaban J connectivity index is 4.01. The molecule has 0 aromatic rings. The molecule has 0 radical (unpaired) electrons. The lowest BCUT2D eigenvalue weighted by atomic mass is 10.5. The minimum Gasteiger partial charge on any atom is -0.306 e. The number of hydrogen-bond acceptors (Lipinski definition) is 3. The lowest BCUT2D eigenvalue weighted by molar-refractivity contribution is 0.213. The maximum absolute atomic E-state index is 11.9. The zero-order valence-electron chi connectivity index (χ0n) is 8.83. The van der Waals surface area contributed by atoms with Gasteiger partial charge in [0.05, 0.1) is 13.2 Å². The van der Waals surface area contributed by atoms with Crippen molar-refractivity contribution in [2.45, 2.75) is 19.8 Å². The highest BCUT2D eigenvalue weighted by Gasteiger charge is 2.19. The van der Waals surface area contributed by atoms with Crippen molar-refractivity contribution in [2.24, 2.45) is 0 Å². The van der Waals surface area contributed by atoms with Crippen LogP contribution in [0.25, 0.3) is 0 Å². The third-order valence-corrected chi connectivity index (χ3v) is 3.71. The minimum atomic E-state index is -3.08. The first-order valence-electron chi connectivity index (χ1n) is 4.83. The van der Waals surface area contributed by atoms with E-state index >= 15 is 0 Å². The Kier molecular flexibility index (Phi) is 9.98. The van der Waals surface area contributed by atoms with E-state index < -0.39 is 7.60 Å². The van der Waals surface area contributed by atoms with Gasteiger partial charge in [-0.1, -0.05) is 6.08 Å². The van der Waals surface area contributed by atoms with Crippen molar-refractivity contribution >= 4 is 30.8 Å². The summed E-state index contributed by atoms with van der Waals surface area (Å²) in [5, 5.41) is 0. The number of rotatable bonds is 9. The van der Waals surface area contributed by atoms with Gasteiger partial charge < -0.3 is 9.05 Å². The quantitative estimate of drug-likeness (QED) is 0.362. The van der Waals surface area contributed by atoms with Crippen LogP contribution in [0.15, 0.2) is 11.9 Å². The molecule has 0 aromatic heterocycles. The Morgan fingerprint density at radius 1 is 1.13 bits per heavy atom. The summed E-state index contributed by atoms with van der Waals surface area (Å²) >= 11 is 11.0. The number of allylic oxidation sites excluding steroid dienone is 1. The summed E-state index contributed by atoms with van der Waals surface area (Å²) in [6.45, 7) is 2.44. The highest BCUT2D eigenvalue weighted by Crippen LogP contribution is 2.49. The van der Waals surface area contributed by atoms with Crippen molar-refractivity contribution in [2.75, 3.05) is 25.0 Å². The van der Waals surface area contributed by atoms with Gasteiger partial charge in [-0.15, -0.1) is 23.2 Å². The van der Waals surface area contributed by atoms with Gasteiger partial charge in [-0.05, 0) is 19.8 Å². The van der Waals surface area contributed by atoms with Crippen LogP contribution in [0.1, 0.15) is 19.8 Å². The van der Waals surface area contributed by atoms with Crippen LogP contribution in [-0.4, -0.2) is 25.0 Å². The van der Waals surface area contributed by atoms with E-state index in [1.165, 1.54) is 5.82 Å². The van der Waals surface area contributed by atoms with Crippen molar-refractivity contribution in [3.8, 4) is 0 Å². The van der Waals surface area contributed by atoms with Crippen molar-refractivity contribution < 1.29 is 13.6 Å². The first-order chi connectivity index (χ1) is 7.18. The highest BCUT2D eigenvalue weighted by atomic mass is 35.5. The average molecular weight is 275 g/mol. The van der Waals surface area contributed by atoms with E-state index in [0.29, 0.717) is 37.8 Å². The third-order valence-electron chi connectivity index (χ3n) is 1.43. The highest BCUT2D eigenvalue weighted by molar-refractivity contribution is 7.57. The van der Waals surface area contributed by atoms with Crippen molar-refractivity contribution in [3.05, 3.63) is 11.9 Å². The molecule has 0 aliphatic rings. The summed E-state index contributed by atoms with van der Waals surface area (Å²) < 4.78 is 22.3. The summed E-state index contributed by atoms with van der Waals surface area (Å²) in [5.41, 5.74) is 0. The molecule has 0 N–H and O–H groups in total. The molecule has 3 nitrogen and oxygen atoms in total. The molecule has 0 aromatic carbocycles. The van der Waals surface area contributed by atoms with E-state index in [9.17, 15) is 4.57 Å². The van der Waals surface area contributed by atoms with E-state index in [1.807, 2.05) is 0 Å². The molecule has 6 heteroatoms. The van der Waals surface area contributed by atoms with E-state index in [0.717, 1.165) is 0 Å². The number of alkyl halides is 2. The Labute approximate surface area is 101 Å². The predicted octanol–water partition coefficient (Wildman–Crippen LogP) is 4.00. The lowest BCUT2D eigenvalue weighted by Gasteiger charge is -2.14. The maximum Gasteiger partial charge on any atom is 0.353 e. The van der Waals surface area contributed by atoms with Gasteiger partial charge in [0.1, 0.15) is 0 Å². The smallest absolute Gasteiger partial charge is 0.306 e. The van der Waals surface area contributed by atoms with Crippen LogP contribution in [-0.2, 0) is 13.6 Å². The van der Waals surface area contributed by atoms with Crippen molar-refractivity contribution in [1.82, 2.24) is 0 Å². The summed E-state index contributed by atoms with van der Waals surface area (Å²) in [6.07, 6.45) is 2.96. The van der Waals surface area contributed by atoms with Gasteiger partial charge in [0.15, 0.2) is 0 Å². The van der Waals surface area contributed by atoms with Gasteiger partial charge in [0.25, 0.3) is 0 Å². The van der Waals surface area contributed by atoms with Crippen LogP contribution in [0.2, 0.25) is 0 Å². The molecule has 0 aliphatic heterocycles. The molecule has 0 amide bonds. The summed E-state index contributed by atoms with van der Waals surface area (Å²) in [4.78, 5) is 0. The molecule has 15 heavy (non-hydrogen) atoms. The van der Waals surface area contributed by atoms with Crippen LogP contribution in [0.5, 0.6) is 0 Å². The topological polar surface area (TPSA) is 35.5 Å². The van der Waals surface area contributed by atoms with Crippen LogP contribution in [0.4, 0.5) is 0 Å². The van der Waals surface area contributed by atoms with E-state index in [4.69, 9.17) is 32.2 Å². The maximum atomic E-state index is 11.9. The van der Waals surface area contributed by atoms with Crippen molar-refractivity contribution in [3.63, 3.8) is 0 Å². The van der Waals surface area contributed by atoms with Gasteiger partial charge in [0.2, 0.25) is 0 Å². The monoisotopic (exact) mass is 274 g/mol. The summed E-state index contributed by atoms with van der Waals surface area (Å²) in [5.74, 6) is 2.42. The molecular formula is C9H17Cl2O3P. The fourth-order valence-corrected chi connectivity index (χ4v) is 2.40. The molecule has 0 spiro atoms. The molecule has 0 rings (SSSR count). The second-order valence-electron chi connectivity index (χ2n) is 2.77. The van der Waals surface area contributed by atoms with Crippen LogP contribution in [0.3, 0.4) is 0 Å². The molecule has 90 valence electrons. The number of hydrogen-bond donors (Lipinski definition) is 0. The zero-order valence-corrected chi connectivity index (χ0v) is 11.2. The fourth-order valence-electron chi connectivity index (χ4n) is 0.799. The van der Waals surface area contributed by atoms with Crippen LogP contribution in [0, 0.1) is 0 Å². The zero-order chi connectivity index (χ0) is 11.6. The van der Waals surface area contributed by atoms with Crippen molar-refractivity contribution in [1.29, 1.82) is 0 Å².